The minimum Gasteiger partial charge on any atom is -0.361 e. The van der Waals surface area contributed by atoms with Gasteiger partial charge in [-0.3, -0.25) is 4.79 Å². The Kier molecular flexibility index (Phi) is 2.64. The van der Waals surface area contributed by atoms with Gasteiger partial charge in [0.1, 0.15) is 5.88 Å². The van der Waals surface area contributed by atoms with Gasteiger partial charge < -0.3 is 10.3 Å². The highest BCUT2D eigenvalue weighted by Gasteiger charge is 2.03. The van der Waals surface area contributed by atoms with Gasteiger partial charge in [0.2, 0.25) is 5.91 Å². The first kappa shape index (κ1) is 10.1. The van der Waals surface area contributed by atoms with Gasteiger partial charge in [0, 0.05) is 22.8 Å². The molecule has 78 valence electrons. The molecule has 15 heavy (non-hydrogen) atoms. The Morgan fingerprint density at radius 2 is 2.33 bits per heavy atom. The highest BCUT2D eigenvalue weighted by molar-refractivity contribution is 6.29. The average molecular weight is 223 g/mol. The van der Waals surface area contributed by atoms with Crippen LogP contribution < -0.4 is 5.32 Å². The van der Waals surface area contributed by atoms with E-state index in [-0.39, 0.29) is 11.8 Å². The van der Waals surface area contributed by atoms with Crippen molar-refractivity contribution in [3.05, 3.63) is 30.0 Å². The van der Waals surface area contributed by atoms with E-state index in [1.807, 2.05) is 31.3 Å². The molecule has 3 nitrogen and oxygen atoms in total. The summed E-state index contributed by atoms with van der Waals surface area (Å²) in [5.41, 5.74) is 3.00. The molecule has 0 saturated heterocycles. The molecule has 2 N–H and O–H groups in total. The van der Waals surface area contributed by atoms with Crippen molar-refractivity contribution in [3.63, 3.8) is 0 Å². The lowest BCUT2D eigenvalue weighted by molar-refractivity contribution is -0.113. The van der Waals surface area contributed by atoms with Crippen LogP contribution in [0.15, 0.2) is 24.4 Å². The van der Waals surface area contributed by atoms with Crippen molar-refractivity contribution in [1.29, 1.82) is 0 Å². The Hall–Kier alpha value is -1.48. The number of anilines is 1. The molecule has 0 spiro atoms. The van der Waals surface area contributed by atoms with Crippen molar-refractivity contribution < 1.29 is 4.79 Å². The first-order chi connectivity index (χ1) is 7.20. The number of hydrogen-bond donors (Lipinski definition) is 2. The van der Waals surface area contributed by atoms with Crippen LogP contribution in [0, 0.1) is 6.92 Å². The molecule has 2 rings (SSSR count). The third-order valence-electron chi connectivity index (χ3n) is 2.29. The average Bonchev–Trinajstić information content (AvgIpc) is 2.60. The number of aromatic nitrogens is 1. The van der Waals surface area contributed by atoms with Crippen LogP contribution in [0.1, 0.15) is 5.56 Å². The van der Waals surface area contributed by atoms with Crippen LogP contribution in [-0.2, 0) is 4.79 Å². The molecule has 0 saturated carbocycles. The first-order valence-electron chi connectivity index (χ1n) is 4.64. The summed E-state index contributed by atoms with van der Waals surface area (Å²) in [6, 6.07) is 5.72. The van der Waals surface area contributed by atoms with Crippen molar-refractivity contribution in [2.45, 2.75) is 6.92 Å². The SMILES string of the molecule is Cc1c[nH]c2ccc(NC(=O)CCl)cc12. The summed E-state index contributed by atoms with van der Waals surface area (Å²) in [4.78, 5) is 14.2. The molecule has 0 atom stereocenters. The zero-order valence-electron chi connectivity index (χ0n) is 8.30. The fraction of sp³-hybridized carbons (Fsp3) is 0.182. The number of rotatable bonds is 2. The Bertz CT molecular complexity index is 504. The minimum atomic E-state index is -0.191. The van der Waals surface area contributed by atoms with E-state index in [9.17, 15) is 4.79 Å². The molecule has 1 amide bonds. The number of H-pyrrole nitrogens is 1. The van der Waals surface area contributed by atoms with Gasteiger partial charge in [-0.25, -0.2) is 0 Å². The lowest BCUT2D eigenvalue weighted by Gasteiger charge is -2.02. The van der Waals surface area contributed by atoms with E-state index in [1.54, 1.807) is 0 Å². The number of halogens is 1. The maximum absolute atomic E-state index is 11.1. The lowest BCUT2D eigenvalue weighted by atomic mass is 10.2. The summed E-state index contributed by atoms with van der Waals surface area (Å²) in [5, 5.41) is 3.83. The van der Waals surface area contributed by atoms with E-state index in [0.717, 1.165) is 22.2 Å². The van der Waals surface area contributed by atoms with E-state index < -0.39 is 0 Å². The van der Waals surface area contributed by atoms with Crippen LogP contribution in [0.2, 0.25) is 0 Å². The lowest BCUT2D eigenvalue weighted by Crippen LogP contribution is -2.12. The van der Waals surface area contributed by atoms with Crippen LogP contribution in [-0.4, -0.2) is 16.8 Å². The summed E-state index contributed by atoms with van der Waals surface area (Å²) < 4.78 is 0. The smallest absolute Gasteiger partial charge is 0.239 e. The molecular formula is C11H11ClN2O. The van der Waals surface area contributed by atoms with Crippen LogP contribution in [0.3, 0.4) is 0 Å². The Balaban J connectivity index is 2.37. The maximum atomic E-state index is 11.1. The number of nitrogens with one attached hydrogen (secondary N) is 2. The number of benzene rings is 1. The molecule has 1 aromatic heterocycles. The number of carbonyl (C=O) groups excluding carboxylic acids is 1. The quantitative estimate of drug-likeness (QED) is 0.754. The number of amides is 1. The predicted octanol–water partition coefficient (Wildman–Crippen LogP) is 2.65. The highest BCUT2D eigenvalue weighted by atomic mass is 35.5. The second kappa shape index (κ2) is 3.95. The van der Waals surface area contributed by atoms with Crippen molar-refractivity contribution >= 4 is 34.1 Å². The molecule has 1 heterocycles. The fourth-order valence-corrected chi connectivity index (χ4v) is 1.60. The molecule has 0 aliphatic rings. The van der Waals surface area contributed by atoms with Crippen molar-refractivity contribution in [3.8, 4) is 0 Å². The minimum absolute atomic E-state index is 0.0237. The monoisotopic (exact) mass is 222 g/mol. The second-order valence-electron chi connectivity index (χ2n) is 3.41. The van der Waals surface area contributed by atoms with Gasteiger partial charge in [-0.2, -0.15) is 0 Å². The number of aryl methyl sites for hydroxylation is 1. The van der Waals surface area contributed by atoms with Gasteiger partial charge >= 0.3 is 0 Å². The molecule has 0 radical (unpaired) electrons. The van der Waals surface area contributed by atoms with E-state index in [1.165, 1.54) is 0 Å². The summed E-state index contributed by atoms with van der Waals surface area (Å²) in [6.07, 6.45) is 1.94. The van der Waals surface area contributed by atoms with Crippen LogP contribution in [0.25, 0.3) is 10.9 Å². The van der Waals surface area contributed by atoms with E-state index in [4.69, 9.17) is 11.6 Å². The number of fused-ring (bicyclic) bond motifs is 1. The molecule has 0 unspecified atom stereocenters. The molecular weight excluding hydrogens is 212 g/mol. The Morgan fingerprint density at radius 1 is 1.53 bits per heavy atom. The number of aromatic amines is 1. The summed E-state index contributed by atoms with van der Waals surface area (Å²) in [7, 11) is 0. The molecule has 1 aromatic carbocycles. The Morgan fingerprint density at radius 3 is 3.07 bits per heavy atom. The van der Waals surface area contributed by atoms with E-state index >= 15 is 0 Å². The van der Waals surface area contributed by atoms with Crippen molar-refractivity contribution in [2.24, 2.45) is 0 Å². The maximum Gasteiger partial charge on any atom is 0.239 e. The third-order valence-corrected chi connectivity index (χ3v) is 2.54. The highest BCUT2D eigenvalue weighted by Crippen LogP contribution is 2.21. The standard InChI is InChI=1S/C11H11ClN2O/c1-7-6-13-10-3-2-8(4-9(7)10)14-11(15)5-12/h2-4,6,13H,5H2,1H3,(H,14,15). The topological polar surface area (TPSA) is 44.9 Å². The molecule has 0 aliphatic carbocycles. The van der Waals surface area contributed by atoms with Crippen LogP contribution >= 0.6 is 11.6 Å². The van der Waals surface area contributed by atoms with Crippen molar-refractivity contribution in [2.75, 3.05) is 11.2 Å². The second-order valence-corrected chi connectivity index (χ2v) is 3.68. The van der Waals surface area contributed by atoms with E-state index in [0.29, 0.717) is 0 Å². The number of alkyl halides is 1. The summed E-state index contributed by atoms with van der Waals surface area (Å²) in [5.74, 6) is -0.214. The number of carbonyl (C=O) groups is 1. The van der Waals surface area contributed by atoms with E-state index in [2.05, 4.69) is 10.3 Å². The third kappa shape index (κ3) is 1.97. The summed E-state index contributed by atoms with van der Waals surface area (Å²) in [6.45, 7) is 2.02. The van der Waals surface area contributed by atoms with Gasteiger partial charge in [-0.15, -0.1) is 11.6 Å². The summed E-state index contributed by atoms with van der Waals surface area (Å²) >= 11 is 5.41. The zero-order chi connectivity index (χ0) is 10.8. The van der Waals surface area contributed by atoms with Gasteiger partial charge in [0.05, 0.1) is 0 Å². The normalized spacial score (nSPS) is 10.5. The van der Waals surface area contributed by atoms with Gasteiger partial charge in [-0.1, -0.05) is 0 Å². The Labute approximate surface area is 92.4 Å². The van der Waals surface area contributed by atoms with Crippen LogP contribution in [0.4, 0.5) is 5.69 Å². The van der Waals surface area contributed by atoms with Gasteiger partial charge in [0.15, 0.2) is 0 Å². The predicted molar refractivity (Wildman–Crippen MR) is 62.4 cm³/mol. The molecule has 0 bridgehead atoms. The molecule has 4 heteroatoms. The van der Waals surface area contributed by atoms with Crippen LogP contribution in [0.5, 0.6) is 0 Å². The molecule has 0 fully saturated rings. The first-order valence-corrected chi connectivity index (χ1v) is 5.17. The van der Waals surface area contributed by atoms with Crippen molar-refractivity contribution in [1.82, 2.24) is 4.98 Å². The van der Waals surface area contributed by atoms with Gasteiger partial charge in [-0.05, 0) is 30.7 Å². The molecule has 2 aromatic rings. The largest absolute Gasteiger partial charge is 0.361 e. The fourth-order valence-electron chi connectivity index (χ4n) is 1.53. The number of hydrogen-bond acceptors (Lipinski definition) is 1. The zero-order valence-corrected chi connectivity index (χ0v) is 9.06. The van der Waals surface area contributed by atoms with Gasteiger partial charge in [0.25, 0.3) is 0 Å². The molecule has 0 aliphatic heterocycles.